The summed E-state index contributed by atoms with van der Waals surface area (Å²) in [5, 5.41) is 19.7. The average molecular weight is 368 g/mol. The first-order valence-corrected chi connectivity index (χ1v) is 9.90. The Kier molecular flexibility index (Phi) is 5.54. The molecule has 0 aliphatic carbocycles. The van der Waals surface area contributed by atoms with Crippen molar-refractivity contribution in [2.24, 2.45) is 0 Å². The number of hydrogen-bond acceptors (Lipinski definition) is 3. The Hall–Kier alpha value is -2.04. The van der Waals surface area contributed by atoms with Crippen molar-refractivity contribution in [3.05, 3.63) is 76.4 Å². The van der Waals surface area contributed by atoms with Gasteiger partial charge in [0.05, 0.1) is 6.10 Å². The second-order valence-corrected chi connectivity index (χ2v) is 8.37. The van der Waals surface area contributed by atoms with E-state index in [1.54, 1.807) is 6.08 Å². The molecule has 0 amide bonds. The highest BCUT2D eigenvalue weighted by Crippen LogP contribution is 2.39. The fourth-order valence-electron chi connectivity index (χ4n) is 3.42. The molecule has 1 aliphatic rings. The summed E-state index contributed by atoms with van der Waals surface area (Å²) < 4.78 is 0. The van der Waals surface area contributed by atoms with Crippen LogP contribution < -0.4 is 0 Å². The summed E-state index contributed by atoms with van der Waals surface area (Å²) in [5.74, 6) is 1.13. The average Bonchev–Trinajstić information content (AvgIpc) is 2.60. The van der Waals surface area contributed by atoms with E-state index in [9.17, 15) is 9.90 Å². The van der Waals surface area contributed by atoms with Crippen LogP contribution in [0.3, 0.4) is 0 Å². The minimum absolute atomic E-state index is 0.107. The van der Waals surface area contributed by atoms with Crippen LogP contribution in [0.4, 0.5) is 0 Å². The summed E-state index contributed by atoms with van der Waals surface area (Å²) in [7, 11) is 0. The molecule has 0 spiro atoms. The molecule has 3 rings (SSSR count). The van der Waals surface area contributed by atoms with Crippen LogP contribution in [0.1, 0.15) is 47.8 Å². The summed E-state index contributed by atoms with van der Waals surface area (Å²) in [6.07, 6.45) is 2.54. The normalized spacial score (nSPS) is 17.0. The molecule has 136 valence electrons. The van der Waals surface area contributed by atoms with E-state index in [0.717, 1.165) is 34.3 Å². The molecule has 4 heteroatoms. The van der Waals surface area contributed by atoms with Gasteiger partial charge in [-0.3, -0.25) is 0 Å². The van der Waals surface area contributed by atoms with E-state index in [1.807, 2.05) is 42.1 Å². The maximum Gasteiger partial charge on any atom is 0.328 e. The maximum atomic E-state index is 10.8. The molecule has 1 unspecified atom stereocenters. The molecule has 0 saturated carbocycles. The molecule has 0 aromatic heterocycles. The monoisotopic (exact) mass is 368 g/mol. The zero-order valence-electron chi connectivity index (χ0n) is 15.1. The van der Waals surface area contributed by atoms with Gasteiger partial charge in [0.1, 0.15) is 0 Å². The molecule has 2 aromatic carbocycles. The van der Waals surface area contributed by atoms with Crippen molar-refractivity contribution in [1.29, 1.82) is 0 Å². The number of hydrogen-bond donors (Lipinski definition) is 2. The van der Waals surface area contributed by atoms with E-state index in [0.29, 0.717) is 6.42 Å². The molecule has 0 bridgehead atoms. The number of carbonyl (C=O) groups is 1. The van der Waals surface area contributed by atoms with Gasteiger partial charge in [0, 0.05) is 24.0 Å². The molecule has 0 radical (unpaired) electrons. The second-order valence-electron chi connectivity index (χ2n) is 7.38. The highest BCUT2D eigenvalue weighted by molar-refractivity contribution is 7.98. The fourth-order valence-corrected chi connectivity index (χ4v) is 4.66. The van der Waals surface area contributed by atoms with Gasteiger partial charge in [-0.05, 0) is 39.3 Å². The number of benzene rings is 2. The zero-order valence-corrected chi connectivity index (χ0v) is 15.9. The molecule has 3 nitrogen and oxygen atoms in total. The van der Waals surface area contributed by atoms with Crippen LogP contribution >= 0.6 is 11.8 Å². The van der Waals surface area contributed by atoms with E-state index < -0.39 is 12.1 Å². The van der Waals surface area contributed by atoms with Crippen LogP contribution in [-0.2, 0) is 22.4 Å². The molecule has 0 saturated heterocycles. The first-order chi connectivity index (χ1) is 12.4. The van der Waals surface area contributed by atoms with Gasteiger partial charge < -0.3 is 10.2 Å². The van der Waals surface area contributed by atoms with Gasteiger partial charge >= 0.3 is 5.97 Å². The van der Waals surface area contributed by atoms with E-state index >= 15 is 0 Å². The lowest BCUT2D eigenvalue weighted by atomic mass is 9.81. The van der Waals surface area contributed by atoms with E-state index in [4.69, 9.17) is 5.11 Å². The maximum absolute atomic E-state index is 10.8. The lowest BCUT2D eigenvalue weighted by molar-refractivity contribution is -0.131. The first-order valence-electron chi connectivity index (χ1n) is 8.75. The van der Waals surface area contributed by atoms with Crippen LogP contribution in [0, 0.1) is 0 Å². The minimum atomic E-state index is -0.977. The third kappa shape index (κ3) is 4.19. The van der Waals surface area contributed by atoms with Crippen LogP contribution in [0.2, 0.25) is 0 Å². The summed E-state index contributed by atoms with van der Waals surface area (Å²) in [6.45, 7) is 4.50. The van der Waals surface area contributed by atoms with E-state index in [2.05, 4.69) is 26.0 Å². The number of aliphatic carboxylic acids is 1. The van der Waals surface area contributed by atoms with Gasteiger partial charge in [-0.25, -0.2) is 4.79 Å². The molecular formula is C22H24O3S. The highest BCUT2D eigenvalue weighted by atomic mass is 32.2. The lowest BCUT2D eigenvalue weighted by Crippen LogP contribution is -2.26. The third-order valence-corrected chi connectivity index (χ3v) is 6.28. The Labute approximate surface area is 158 Å². The quantitative estimate of drug-likeness (QED) is 0.758. The SMILES string of the molecule is CC1(C)CSCc2ccc(C(O)Cc3ccccc3/C=C/C(=O)O)cc21. The summed E-state index contributed by atoms with van der Waals surface area (Å²) >= 11 is 1.95. The standard InChI is InChI=1S/C22H24O3S/c1-22(2)14-26-13-18-8-7-17(11-19(18)22)20(23)12-16-6-4-3-5-15(16)9-10-21(24)25/h3-11,20,23H,12-14H2,1-2H3,(H,24,25)/b10-9+. The Morgan fingerprint density at radius 1 is 1.27 bits per heavy atom. The minimum Gasteiger partial charge on any atom is -0.478 e. The number of rotatable bonds is 5. The summed E-state index contributed by atoms with van der Waals surface area (Å²) in [6, 6.07) is 13.9. The number of carboxylic acids is 1. The number of aliphatic hydroxyl groups excluding tert-OH is 1. The molecule has 2 N–H and O–H groups in total. The predicted octanol–water partition coefficient (Wildman–Crippen LogP) is 4.58. The van der Waals surface area contributed by atoms with Gasteiger partial charge in [-0.2, -0.15) is 11.8 Å². The van der Waals surface area contributed by atoms with Gasteiger partial charge in [0.25, 0.3) is 0 Å². The van der Waals surface area contributed by atoms with Crippen molar-refractivity contribution in [3.63, 3.8) is 0 Å². The van der Waals surface area contributed by atoms with Crippen molar-refractivity contribution in [2.45, 2.75) is 37.5 Å². The van der Waals surface area contributed by atoms with E-state index in [1.165, 1.54) is 11.1 Å². The van der Waals surface area contributed by atoms with E-state index in [-0.39, 0.29) is 5.41 Å². The van der Waals surface area contributed by atoms with Crippen LogP contribution in [-0.4, -0.2) is 21.9 Å². The van der Waals surface area contributed by atoms with Gasteiger partial charge in [0.2, 0.25) is 0 Å². The number of carboxylic acid groups (broad SMARTS) is 1. The highest BCUT2D eigenvalue weighted by Gasteiger charge is 2.28. The molecule has 26 heavy (non-hydrogen) atoms. The Balaban J connectivity index is 1.86. The predicted molar refractivity (Wildman–Crippen MR) is 107 cm³/mol. The van der Waals surface area contributed by atoms with Gasteiger partial charge in [-0.1, -0.05) is 56.3 Å². The summed E-state index contributed by atoms with van der Waals surface area (Å²) in [4.78, 5) is 10.8. The number of fused-ring (bicyclic) bond motifs is 1. The number of thioether (sulfide) groups is 1. The van der Waals surface area contributed by atoms with Crippen molar-refractivity contribution in [3.8, 4) is 0 Å². The molecule has 1 atom stereocenters. The zero-order chi connectivity index (χ0) is 18.7. The topological polar surface area (TPSA) is 57.5 Å². The van der Waals surface area contributed by atoms with Crippen molar-refractivity contribution >= 4 is 23.8 Å². The van der Waals surface area contributed by atoms with Crippen molar-refractivity contribution in [2.75, 3.05) is 5.75 Å². The molecule has 0 fully saturated rings. The van der Waals surface area contributed by atoms with Crippen LogP contribution in [0.5, 0.6) is 0 Å². The summed E-state index contributed by atoms with van der Waals surface area (Å²) in [5.41, 5.74) is 5.46. The molecule has 1 aliphatic heterocycles. The van der Waals surface area contributed by atoms with Gasteiger partial charge in [0.15, 0.2) is 0 Å². The Morgan fingerprint density at radius 2 is 2.04 bits per heavy atom. The Morgan fingerprint density at radius 3 is 2.81 bits per heavy atom. The van der Waals surface area contributed by atoms with Crippen LogP contribution in [0.25, 0.3) is 6.08 Å². The first kappa shape index (κ1) is 18.7. The second kappa shape index (κ2) is 7.68. The van der Waals surface area contributed by atoms with Gasteiger partial charge in [-0.15, -0.1) is 0 Å². The number of aliphatic hydroxyl groups is 1. The van der Waals surface area contributed by atoms with Crippen LogP contribution in [0.15, 0.2) is 48.5 Å². The lowest BCUT2D eigenvalue weighted by Gasteiger charge is -2.33. The fraction of sp³-hybridized carbons (Fsp3) is 0.318. The molecule has 1 heterocycles. The smallest absolute Gasteiger partial charge is 0.328 e. The third-order valence-electron chi connectivity index (χ3n) is 4.84. The Bertz CT molecular complexity index is 839. The van der Waals surface area contributed by atoms with Crippen molar-refractivity contribution in [1.82, 2.24) is 0 Å². The largest absolute Gasteiger partial charge is 0.478 e. The molecular weight excluding hydrogens is 344 g/mol. The molecule has 2 aromatic rings. The van der Waals surface area contributed by atoms with Crippen molar-refractivity contribution < 1.29 is 15.0 Å².